The third-order valence-corrected chi connectivity index (χ3v) is 12.2. The Labute approximate surface area is 346 Å². The number of hydrogen-bond donors (Lipinski definition) is 0. The number of furan rings is 1. The molecule has 284 valence electrons. The van der Waals surface area contributed by atoms with Gasteiger partial charge < -0.3 is 13.9 Å². The maximum atomic E-state index is 7.13. The molecule has 0 saturated carbocycles. The molecule has 1 aliphatic heterocycles. The second kappa shape index (κ2) is 13.1. The van der Waals surface area contributed by atoms with Crippen LogP contribution < -0.4 is 4.90 Å². The van der Waals surface area contributed by atoms with Crippen LogP contribution in [0.1, 0.15) is 25.0 Å². The number of nitrogens with zero attached hydrogens (tertiary/aromatic N) is 5. The molecule has 0 unspecified atom stereocenters. The van der Waals surface area contributed by atoms with Gasteiger partial charge in [-0.3, -0.25) is 0 Å². The van der Waals surface area contributed by atoms with Crippen molar-refractivity contribution in [1.82, 2.24) is 19.5 Å². The zero-order valence-electron chi connectivity index (χ0n) is 33.0. The molecule has 0 saturated heterocycles. The van der Waals surface area contributed by atoms with Crippen LogP contribution in [0.3, 0.4) is 0 Å². The molecular formula is C54H37N5O. The highest BCUT2D eigenvalue weighted by molar-refractivity contribution is 6.17. The van der Waals surface area contributed by atoms with Crippen LogP contribution >= 0.6 is 0 Å². The summed E-state index contributed by atoms with van der Waals surface area (Å²) in [4.78, 5) is 17.5. The molecule has 0 bridgehead atoms. The van der Waals surface area contributed by atoms with Crippen molar-refractivity contribution in [3.8, 4) is 39.9 Å². The number of benzene rings is 8. The van der Waals surface area contributed by atoms with Crippen molar-refractivity contribution in [1.29, 1.82) is 0 Å². The highest BCUT2D eigenvalue weighted by Gasteiger charge is 2.39. The molecular weight excluding hydrogens is 735 g/mol. The van der Waals surface area contributed by atoms with Gasteiger partial charge in [-0.1, -0.05) is 153 Å². The van der Waals surface area contributed by atoms with Crippen LogP contribution in [0.5, 0.6) is 0 Å². The van der Waals surface area contributed by atoms with Gasteiger partial charge in [0.05, 0.1) is 33.7 Å². The summed E-state index contributed by atoms with van der Waals surface area (Å²) in [6, 6.07) is 65.8. The van der Waals surface area contributed by atoms with E-state index in [1.807, 2.05) is 60.7 Å². The van der Waals surface area contributed by atoms with E-state index in [4.69, 9.17) is 19.4 Å². The van der Waals surface area contributed by atoms with Crippen LogP contribution in [0.2, 0.25) is 0 Å². The predicted molar refractivity (Wildman–Crippen MR) is 245 cm³/mol. The number of anilines is 3. The Kier molecular flexibility index (Phi) is 7.47. The lowest BCUT2D eigenvalue weighted by Gasteiger charge is -2.42. The van der Waals surface area contributed by atoms with Crippen molar-refractivity contribution in [3.63, 3.8) is 0 Å². The molecule has 0 radical (unpaired) electrons. The largest absolute Gasteiger partial charge is 0.453 e. The predicted octanol–water partition coefficient (Wildman–Crippen LogP) is 14.0. The monoisotopic (exact) mass is 771 g/mol. The molecule has 60 heavy (non-hydrogen) atoms. The number of fused-ring (bicyclic) bond motifs is 9. The summed E-state index contributed by atoms with van der Waals surface area (Å²) in [5.41, 5.74) is 13.2. The van der Waals surface area contributed by atoms with Gasteiger partial charge in [0.2, 0.25) is 0 Å². The van der Waals surface area contributed by atoms with Crippen LogP contribution in [-0.4, -0.2) is 19.5 Å². The van der Waals surface area contributed by atoms with Crippen molar-refractivity contribution in [3.05, 3.63) is 199 Å². The topological polar surface area (TPSA) is 60.0 Å². The summed E-state index contributed by atoms with van der Waals surface area (Å²) >= 11 is 0. The van der Waals surface area contributed by atoms with Crippen molar-refractivity contribution in [2.45, 2.75) is 19.3 Å². The molecule has 0 aliphatic carbocycles. The summed E-state index contributed by atoms with van der Waals surface area (Å²) in [5.74, 6) is 1.78. The molecule has 1 aliphatic rings. The number of aromatic nitrogens is 4. The second-order valence-corrected chi connectivity index (χ2v) is 16.0. The Balaban J connectivity index is 1.11. The number of rotatable bonds is 5. The van der Waals surface area contributed by atoms with E-state index in [1.54, 1.807) is 0 Å². The van der Waals surface area contributed by atoms with Crippen molar-refractivity contribution in [2.75, 3.05) is 4.90 Å². The van der Waals surface area contributed by atoms with E-state index in [2.05, 4.69) is 151 Å². The number of para-hydroxylation sites is 5. The van der Waals surface area contributed by atoms with Gasteiger partial charge in [-0.05, 0) is 59.7 Å². The fraction of sp³-hybridized carbons (Fsp3) is 0.0556. The zero-order valence-corrected chi connectivity index (χ0v) is 33.0. The first-order valence-electron chi connectivity index (χ1n) is 20.4. The molecule has 3 aromatic heterocycles. The van der Waals surface area contributed by atoms with E-state index in [-0.39, 0.29) is 5.41 Å². The average molecular weight is 772 g/mol. The van der Waals surface area contributed by atoms with E-state index in [1.165, 1.54) is 33.3 Å². The van der Waals surface area contributed by atoms with Crippen LogP contribution in [0.25, 0.3) is 83.6 Å². The summed E-state index contributed by atoms with van der Waals surface area (Å²) in [7, 11) is 0. The van der Waals surface area contributed by atoms with Gasteiger partial charge in [0, 0.05) is 43.8 Å². The van der Waals surface area contributed by atoms with Crippen LogP contribution in [0, 0.1) is 0 Å². The first-order valence-corrected chi connectivity index (χ1v) is 20.4. The average Bonchev–Trinajstić information content (AvgIpc) is 3.86. The summed E-state index contributed by atoms with van der Waals surface area (Å²) in [6.45, 7) is 4.74. The Morgan fingerprint density at radius 1 is 0.433 bits per heavy atom. The smallest absolute Gasteiger partial charge is 0.167 e. The highest BCUT2D eigenvalue weighted by atomic mass is 16.3. The van der Waals surface area contributed by atoms with Gasteiger partial charge in [0.1, 0.15) is 5.58 Å². The molecule has 11 aromatic rings. The van der Waals surface area contributed by atoms with E-state index in [9.17, 15) is 0 Å². The third kappa shape index (κ3) is 5.04. The molecule has 8 aromatic carbocycles. The van der Waals surface area contributed by atoms with Crippen LogP contribution in [0.15, 0.2) is 192 Å². The minimum atomic E-state index is -0.298. The molecule has 4 heterocycles. The van der Waals surface area contributed by atoms with E-state index in [0.717, 1.165) is 61.0 Å². The van der Waals surface area contributed by atoms with Gasteiger partial charge in [0.25, 0.3) is 0 Å². The molecule has 0 spiro atoms. The first-order chi connectivity index (χ1) is 29.5. The highest BCUT2D eigenvalue weighted by Crippen LogP contribution is 2.55. The van der Waals surface area contributed by atoms with Gasteiger partial charge in [-0.2, -0.15) is 0 Å². The lowest BCUT2D eigenvalue weighted by atomic mass is 9.72. The molecule has 0 N–H and O–H groups in total. The van der Waals surface area contributed by atoms with Crippen LogP contribution in [-0.2, 0) is 5.41 Å². The first kappa shape index (κ1) is 34.2. The van der Waals surface area contributed by atoms with Crippen molar-refractivity contribution < 1.29 is 4.42 Å². The SMILES string of the molecule is CC1(C)c2ccccc2N(c2ccccc2)c2ccc3c(c21)c1ccccc1n3-c1cccc2c1oc1c(-c3nc(-c4ccccc4)nc(-c4ccccc4)n3)cccc12. The summed E-state index contributed by atoms with van der Waals surface area (Å²) in [6.07, 6.45) is 0. The van der Waals surface area contributed by atoms with Gasteiger partial charge >= 0.3 is 0 Å². The Hall–Kier alpha value is -7.83. The minimum absolute atomic E-state index is 0.298. The lowest BCUT2D eigenvalue weighted by molar-refractivity contribution is 0.638. The van der Waals surface area contributed by atoms with Gasteiger partial charge in [-0.15, -0.1) is 0 Å². The Morgan fingerprint density at radius 3 is 1.73 bits per heavy atom. The molecule has 6 heteroatoms. The molecule has 0 fully saturated rings. The Bertz CT molecular complexity index is 3400. The van der Waals surface area contributed by atoms with Crippen molar-refractivity contribution in [2.24, 2.45) is 0 Å². The second-order valence-electron chi connectivity index (χ2n) is 16.0. The lowest BCUT2D eigenvalue weighted by Crippen LogP contribution is -2.30. The van der Waals surface area contributed by atoms with E-state index >= 15 is 0 Å². The fourth-order valence-electron chi connectivity index (χ4n) is 9.53. The molecule has 6 nitrogen and oxygen atoms in total. The maximum absolute atomic E-state index is 7.13. The van der Waals surface area contributed by atoms with Gasteiger partial charge in [0.15, 0.2) is 23.1 Å². The molecule has 12 rings (SSSR count). The number of hydrogen-bond acceptors (Lipinski definition) is 5. The summed E-state index contributed by atoms with van der Waals surface area (Å²) < 4.78 is 9.52. The standard InChI is InChI=1S/C54H37N5O/c1-54(2)41-28-13-15-30-43(41)58(36-22-10-5-11-23-36)45-33-32-44-47(48(45)54)39-24-12-14-29-42(39)59(44)46-31-17-26-38-37-25-16-27-40(49(37)60-50(38)46)53-56-51(34-18-6-3-7-19-34)55-52(57-53)35-20-8-4-9-21-35/h3-33H,1-2H3. The minimum Gasteiger partial charge on any atom is -0.453 e. The van der Waals surface area contributed by atoms with E-state index in [0.29, 0.717) is 17.5 Å². The Morgan fingerprint density at radius 2 is 1.00 bits per heavy atom. The quantitative estimate of drug-likeness (QED) is 0.174. The summed E-state index contributed by atoms with van der Waals surface area (Å²) in [5, 5.41) is 4.47. The molecule has 0 atom stereocenters. The van der Waals surface area contributed by atoms with Crippen molar-refractivity contribution >= 4 is 60.8 Å². The normalized spacial score (nSPS) is 13.3. The fourth-order valence-corrected chi connectivity index (χ4v) is 9.53. The zero-order chi connectivity index (χ0) is 40.0. The van der Waals surface area contributed by atoms with E-state index < -0.39 is 0 Å². The van der Waals surface area contributed by atoms with Gasteiger partial charge in [-0.25, -0.2) is 15.0 Å². The maximum Gasteiger partial charge on any atom is 0.167 e. The molecule has 0 amide bonds. The third-order valence-electron chi connectivity index (χ3n) is 12.2. The van der Waals surface area contributed by atoms with Crippen LogP contribution in [0.4, 0.5) is 17.1 Å².